The molecular weight excluding hydrogens is 298 g/mol. The van der Waals surface area contributed by atoms with Crippen LogP contribution in [-0.4, -0.2) is 16.9 Å². The summed E-state index contributed by atoms with van der Waals surface area (Å²) in [6, 6.07) is 10.4. The van der Waals surface area contributed by atoms with Gasteiger partial charge in [-0.05, 0) is 24.3 Å². The second kappa shape index (κ2) is 4.88. The summed E-state index contributed by atoms with van der Waals surface area (Å²) in [6.45, 7) is 0.859. The van der Waals surface area contributed by atoms with E-state index < -0.39 is 0 Å². The van der Waals surface area contributed by atoms with Gasteiger partial charge in [-0.15, -0.1) is 11.8 Å². The lowest BCUT2D eigenvalue weighted by Gasteiger charge is -2.06. The monoisotopic (exact) mass is 309 g/mol. The van der Waals surface area contributed by atoms with Crippen LogP contribution < -0.4 is 0 Å². The van der Waals surface area contributed by atoms with Crippen LogP contribution in [0.3, 0.4) is 0 Å². The lowest BCUT2D eigenvalue weighted by atomic mass is 10.3. The molecule has 0 amide bonds. The third kappa shape index (κ3) is 2.44. The van der Waals surface area contributed by atoms with Crippen LogP contribution >= 0.6 is 27.7 Å². The standard InChI is InChI=1S/C13H12BrNOS/c14-11-2-1-3-12(8-11)15-5-4-10(9-15)13-16-6-7-17-13/h1-5,8-9,13H,6-7H2/t13-/m1/s1. The molecule has 1 aliphatic rings. The molecule has 0 N–H and O–H groups in total. The topological polar surface area (TPSA) is 14.2 Å². The molecule has 0 unspecified atom stereocenters. The van der Waals surface area contributed by atoms with Crippen molar-refractivity contribution in [1.29, 1.82) is 0 Å². The number of rotatable bonds is 2. The smallest absolute Gasteiger partial charge is 0.130 e. The van der Waals surface area contributed by atoms with E-state index in [0.29, 0.717) is 0 Å². The van der Waals surface area contributed by atoms with E-state index in [1.54, 1.807) is 0 Å². The summed E-state index contributed by atoms with van der Waals surface area (Å²) in [6.07, 6.45) is 4.23. The fraction of sp³-hybridized carbons (Fsp3) is 0.231. The van der Waals surface area contributed by atoms with Gasteiger partial charge in [-0.2, -0.15) is 0 Å². The van der Waals surface area contributed by atoms with Gasteiger partial charge < -0.3 is 9.30 Å². The van der Waals surface area contributed by atoms with Gasteiger partial charge in [-0.3, -0.25) is 0 Å². The second-order valence-electron chi connectivity index (χ2n) is 3.91. The molecule has 3 rings (SSSR count). The first-order chi connectivity index (χ1) is 8.33. The van der Waals surface area contributed by atoms with Crippen molar-refractivity contribution < 1.29 is 4.74 Å². The molecule has 0 spiro atoms. The van der Waals surface area contributed by atoms with Crippen molar-refractivity contribution in [2.24, 2.45) is 0 Å². The van der Waals surface area contributed by atoms with Crippen LogP contribution in [-0.2, 0) is 4.74 Å². The predicted molar refractivity (Wildman–Crippen MR) is 74.6 cm³/mol. The molecule has 88 valence electrons. The molecule has 2 heterocycles. The van der Waals surface area contributed by atoms with Crippen LogP contribution in [0, 0.1) is 0 Å². The number of ether oxygens (including phenoxy) is 1. The van der Waals surface area contributed by atoms with Crippen LogP contribution in [0.5, 0.6) is 0 Å². The van der Waals surface area contributed by atoms with Gasteiger partial charge in [0.05, 0.1) is 6.61 Å². The van der Waals surface area contributed by atoms with Crippen LogP contribution in [0.1, 0.15) is 11.0 Å². The maximum Gasteiger partial charge on any atom is 0.130 e. The Kier molecular flexibility index (Phi) is 3.27. The maximum absolute atomic E-state index is 5.65. The lowest BCUT2D eigenvalue weighted by Crippen LogP contribution is -1.92. The maximum atomic E-state index is 5.65. The zero-order chi connectivity index (χ0) is 11.7. The molecule has 1 saturated heterocycles. The highest BCUT2D eigenvalue weighted by Gasteiger charge is 2.19. The van der Waals surface area contributed by atoms with Crippen LogP contribution in [0.4, 0.5) is 0 Å². The Morgan fingerprint density at radius 2 is 2.29 bits per heavy atom. The van der Waals surface area contributed by atoms with Gasteiger partial charge in [0.2, 0.25) is 0 Å². The zero-order valence-electron chi connectivity index (χ0n) is 9.17. The summed E-state index contributed by atoms with van der Waals surface area (Å²) in [4.78, 5) is 0. The number of halogens is 1. The van der Waals surface area contributed by atoms with Crippen molar-refractivity contribution >= 4 is 27.7 Å². The molecule has 0 bridgehead atoms. The third-order valence-electron chi connectivity index (χ3n) is 2.72. The first-order valence-corrected chi connectivity index (χ1v) is 7.34. The minimum absolute atomic E-state index is 0.211. The highest BCUT2D eigenvalue weighted by molar-refractivity contribution is 9.10. The molecule has 1 atom stereocenters. The van der Waals surface area contributed by atoms with Crippen molar-refractivity contribution in [3.8, 4) is 5.69 Å². The number of nitrogens with zero attached hydrogens (tertiary/aromatic N) is 1. The zero-order valence-corrected chi connectivity index (χ0v) is 11.6. The van der Waals surface area contributed by atoms with E-state index in [-0.39, 0.29) is 5.44 Å². The molecule has 1 aromatic carbocycles. The van der Waals surface area contributed by atoms with Crippen LogP contribution in [0.15, 0.2) is 47.2 Å². The summed E-state index contributed by atoms with van der Waals surface area (Å²) in [5.74, 6) is 1.09. The normalized spacial score (nSPS) is 19.7. The van der Waals surface area contributed by atoms with Crippen molar-refractivity contribution in [1.82, 2.24) is 4.57 Å². The van der Waals surface area contributed by atoms with E-state index in [0.717, 1.165) is 22.5 Å². The summed E-state index contributed by atoms with van der Waals surface area (Å²) in [5, 5.41) is 0. The quantitative estimate of drug-likeness (QED) is 0.832. The fourth-order valence-corrected chi connectivity index (χ4v) is 3.22. The minimum Gasteiger partial charge on any atom is -0.362 e. The van der Waals surface area contributed by atoms with Gasteiger partial charge in [0, 0.05) is 33.9 Å². The number of hydrogen-bond acceptors (Lipinski definition) is 2. The Morgan fingerprint density at radius 1 is 1.35 bits per heavy atom. The molecule has 2 aromatic rings. The molecule has 1 fully saturated rings. The van der Waals surface area contributed by atoms with E-state index in [9.17, 15) is 0 Å². The first kappa shape index (κ1) is 11.4. The van der Waals surface area contributed by atoms with E-state index >= 15 is 0 Å². The number of aromatic nitrogens is 1. The molecule has 17 heavy (non-hydrogen) atoms. The molecule has 0 aliphatic carbocycles. The van der Waals surface area contributed by atoms with Crippen LogP contribution in [0.25, 0.3) is 5.69 Å². The first-order valence-electron chi connectivity index (χ1n) is 5.50. The van der Waals surface area contributed by atoms with Crippen molar-refractivity contribution in [3.05, 3.63) is 52.8 Å². The third-order valence-corrected chi connectivity index (χ3v) is 4.32. The van der Waals surface area contributed by atoms with Crippen molar-refractivity contribution in [3.63, 3.8) is 0 Å². The molecular formula is C13H12BrNOS. The minimum atomic E-state index is 0.211. The van der Waals surface area contributed by atoms with Gasteiger partial charge in [0.1, 0.15) is 5.44 Å². The number of thioether (sulfide) groups is 1. The fourth-order valence-electron chi connectivity index (χ4n) is 1.90. The van der Waals surface area contributed by atoms with E-state index in [1.165, 1.54) is 5.56 Å². The average Bonchev–Trinajstić information content (AvgIpc) is 3.00. The molecule has 0 radical (unpaired) electrons. The Labute approximate surface area is 113 Å². The average molecular weight is 310 g/mol. The van der Waals surface area contributed by atoms with E-state index in [4.69, 9.17) is 4.74 Å². The van der Waals surface area contributed by atoms with Gasteiger partial charge in [-0.25, -0.2) is 0 Å². The van der Waals surface area contributed by atoms with E-state index in [2.05, 4.69) is 51.1 Å². The van der Waals surface area contributed by atoms with Crippen molar-refractivity contribution in [2.75, 3.05) is 12.4 Å². The Hall–Kier alpha value is -0.710. The molecule has 1 aliphatic heterocycles. The summed E-state index contributed by atoms with van der Waals surface area (Å²) in [5.41, 5.74) is 2.62. The van der Waals surface area contributed by atoms with Crippen LogP contribution in [0.2, 0.25) is 0 Å². The predicted octanol–water partition coefficient (Wildman–Crippen LogP) is 4.00. The number of benzene rings is 1. The van der Waals surface area contributed by atoms with Crippen molar-refractivity contribution in [2.45, 2.75) is 5.44 Å². The Balaban J connectivity index is 1.89. The lowest BCUT2D eigenvalue weighted by molar-refractivity contribution is 0.145. The Morgan fingerprint density at radius 3 is 3.06 bits per heavy atom. The Bertz CT molecular complexity index is 520. The van der Waals surface area contributed by atoms with Gasteiger partial charge in [0.15, 0.2) is 0 Å². The second-order valence-corrected chi connectivity index (χ2v) is 5.99. The van der Waals surface area contributed by atoms with Gasteiger partial charge >= 0.3 is 0 Å². The summed E-state index contributed by atoms with van der Waals surface area (Å²) in [7, 11) is 0. The molecule has 1 aromatic heterocycles. The SMILES string of the molecule is Brc1cccc(-n2ccc([C@@H]3OCCS3)c2)c1. The molecule has 0 saturated carbocycles. The van der Waals surface area contributed by atoms with E-state index in [1.807, 2.05) is 23.9 Å². The largest absolute Gasteiger partial charge is 0.362 e. The molecule has 4 heteroatoms. The highest BCUT2D eigenvalue weighted by atomic mass is 79.9. The number of hydrogen-bond donors (Lipinski definition) is 0. The van der Waals surface area contributed by atoms with Gasteiger partial charge in [-0.1, -0.05) is 22.0 Å². The van der Waals surface area contributed by atoms with Gasteiger partial charge in [0.25, 0.3) is 0 Å². The molecule has 2 nitrogen and oxygen atoms in total. The highest BCUT2D eigenvalue weighted by Crippen LogP contribution is 2.35. The summed E-state index contributed by atoms with van der Waals surface area (Å²) < 4.78 is 8.87. The summed E-state index contributed by atoms with van der Waals surface area (Å²) >= 11 is 5.35.